The molecule has 1 aliphatic heterocycles. The number of nitrogens with zero attached hydrogens (tertiary/aromatic N) is 3. The number of hydrogen-bond acceptors (Lipinski definition) is 4. The Morgan fingerprint density at radius 1 is 1.18 bits per heavy atom. The first-order chi connectivity index (χ1) is 13.6. The molecule has 28 heavy (non-hydrogen) atoms. The Hall–Kier alpha value is -2.28. The molecule has 2 fully saturated rings. The van der Waals surface area contributed by atoms with Crippen molar-refractivity contribution < 1.29 is 9.18 Å². The summed E-state index contributed by atoms with van der Waals surface area (Å²) in [6.07, 6.45) is 7.48. The maximum absolute atomic E-state index is 14.5. The molecular weight excluding hydrogens is 357 g/mol. The highest BCUT2D eigenvalue weighted by Crippen LogP contribution is 2.48. The molecular formula is C21H26FN5O. The third-order valence-electron chi connectivity index (χ3n) is 6.88. The molecule has 0 spiro atoms. The summed E-state index contributed by atoms with van der Waals surface area (Å²) >= 11 is 0. The van der Waals surface area contributed by atoms with Crippen molar-refractivity contribution in [2.24, 2.45) is 23.5 Å². The first-order valence-corrected chi connectivity index (χ1v) is 10.4. The molecule has 1 amide bonds. The summed E-state index contributed by atoms with van der Waals surface area (Å²) in [5.74, 6) is 1.67. The Bertz CT molecular complexity index is 908. The summed E-state index contributed by atoms with van der Waals surface area (Å²) in [5.41, 5.74) is 7.25. The van der Waals surface area contributed by atoms with E-state index in [9.17, 15) is 9.18 Å². The van der Waals surface area contributed by atoms with Gasteiger partial charge in [-0.25, -0.2) is 4.39 Å². The molecule has 2 saturated carbocycles. The maximum atomic E-state index is 14.5. The predicted octanol–water partition coefficient (Wildman–Crippen LogP) is 3.12. The van der Waals surface area contributed by atoms with Crippen molar-refractivity contribution in [1.82, 2.24) is 14.8 Å². The lowest BCUT2D eigenvalue weighted by Gasteiger charge is -2.27. The number of benzene rings is 1. The number of carbonyl (C=O) groups excluding carboxylic acids is 1. The van der Waals surface area contributed by atoms with Gasteiger partial charge in [-0.05, 0) is 62.1 Å². The minimum absolute atomic E-state index is 0.114. The number of anilines is 1. The van der Waals surface area contributed by atoms with E-state index in [0.29, 0.717) is 11.8 Å². The van der Waals surface area contributed by atoms with Gasteiger partial charge < -0.3 is 15.6 Å². The quantitative estimate of drug-likeness (QED) is 0.853. The second kappa shape index (κ2) is 6.95. The molecule has 3 N–H and O–H groups in total. The average molecular weight is 383 g/mol. The Kier molecular flexibility index (Phi) is 4.42. The predicted molar refractivity (Wildman–Crippen MR) is 104 cm³/mol. The molecule has 2 heterocycles. The molecule has 2 aromatic rings. The molecule has 2 aliphatic carbocycles. The fourth-order valence-electron chi connectivity index (χ4n) is 5.40. The van der Waals surface area contributed by atoms with Gasteiger partial charge in [0.25, 0.3) is 0 Å². The highest BCUT2D eigenvalue weighted by molar-refractivity contribution is 5.94. The smallest absolute Gasteiger partial charge is 0.229 e. The second-order valence-corrected chi connectivity index (χ2v) is 8.52. The first-order valence-electron chi connectivity index (χ1n) is 10.4. The molecule has 6 nitrogen and oxygen atoms in total. The van der Waals surface area contributed by atoms with Crippen molar-refractivity contribution in [3.8, 4) is 11.4 Å². The van der Waals surface area contributed by atoms with Crippen molar-refractivity contribution >= 4 is 11.6 Å². The van der Waals surface area contributed by atoms with Crippen LogP contribution >= 0.6 is 0 Å². The van der Waals surface area contributed by atoms with Crippen LogP contribution < -0.4 is 11.1 Å². The zero-order valence-electron chi connectivity index (χ0n) is 15.9. The molecule has 0 saturated heterocycles. The van der Waals surface area contributed by atoms with Gasteiger partial charge in [-0.1, -0.05) is 6.42 Å². The lowest BCUT2D eigenvalue weighted by molar-refractivity contribution is -0.121. The Morgan fingerprint density at radius 2 is 2.04 bits per heavy atom. The average Bonchev–Trinajstić information content (AvgIpc) is 3.34. The van der Waals surface area contributed by atoms with Crippen LogP contribution in [0.1, 0.15) is 44.3 Å². The van der Waals surface area contributed by atoms with Crippen LogP contribution in [0.2, 0.25) is 0 Å². The van der Waals surface area contributed by atoms with Crippen molar-refractivity contribution in [3.63, 3.8) is 0 Å². The molecule has 5 rings (SSSR count). The van der Waals surface area contributed by atoms with Crippen LogP contribution in [0.3, 0.4) is 0 Å². The third-order valence-corrected chi connectivity index (χ3v) is 6.88. The molecule has 4 atom stereocenters. The highest BCUT2D eigenvalue weighted by atomic mass is 19.1. The van der Waals surface area contributed by atoms with Gasteiger partial charge in [0.2, 0.25) is 5.91 Å². The Labute approximate surface area is 163 Å². The van der Waals surface area contributed by atoms with Crippen molar-refractivity contribution in [2.75, 3.05) is 5.32 Å². The molecule has 4 unspecified atom stereocenters. The molecule has 3 aliphatic rings. The number of carbonyl (C=O) groups is 1. The van der Waals surface area contributed by atoms with Gasteiger partial charge in [-0.3, -0.25) is 4.79 Å². The number of halogens is 1. The van der Waals surface area contributed by atoms with Crippen LogP contribution in [0.5, 0.6) is 0 Å². The number of hydrogen-bond donors (Lipinski definition) is 2. The number of amides is 1. The van der Waals surface area contributed by atoms with E-state index in [1.807, 2.05) is 0 Å². The zero-order chi connectivity index (χ0) is 19.3. The van der Waals surface area contributed by atoms with Crippen molar-refractivity contribution in [1.29, 1.82) is 0 Å². The summed E-state index contributed by atoms with van der Waals surface area (Å²) in [6, 6.07) is 4.66. The molecule has 0 radical (unpaired) electrons. The second-order valence-electron chi connectivity index (χ2n) is 8.52. The van der Waals surface area contributed by atoms with E-state index in [2.05, 4.69) is 20.1 Å². The summed E-state index contributed by atoms with van der Waals surface area (Å²) in [7, 11) is 0. The van der Waals surface area contributed by atoms with E-state index in [0.717, 1.165) is 62.3 Å². The minimum atomic E-state index is -0.440. The van der Waals surface area contributed by atoms with Crippen LogP contribution in [0.4, 0.5) is 10.1 Å². The number of nitrogens with one attached hydrogen (secondary N) is 1. The van der Waals surface area contributed by atoms with Crippen molar-refractivity contribution in [3.05, 3.63) is 29.8 Å². The fourth-order valence-corrected chi connectivity index (χ4v) is 5.40. The summed E-state index contributed by atoms with van der Waals surface area (Å²) in [5, 5.41) is 11.5. The number of aromatic nitrogens is 3. The number of aryl methyl sites for hydroxylation is 1. The van der Waals surface area contributed by atoms with Crippen LogP contribution in [0, 0.1) is 23.6 Å². The SMILES string of the molecule is NC1C2CCC(C2)C1C(=O)Nc1cc(-c2nnc3n2CCCCC3)ccc1F. The standard InChI is InChI=1S/C21H26FN5O/c22-15-8-7-14(20-26-25-17-4-2-1-3-9-27(17)20)11-16(15)24-21(28)18-12-5-6-13(10-12)19(18)23/h7-8,11-13,18-19H,1-6,9-10,23H2,(H,24,28). The van der Waals surface area contributed by atoms with Crippen LogP contribution in [0.15, 0.2) is 18.2 Å². The Balaban J connectivity index is 1.41. The summed E-state index contributed by atoms with van der Waals surface area (Å²) in [4.78, 5) is 12.9. The topological polar surface area (TPSA) is 85.8 Å². The van der Waals surface area contributed by atoms with Gasteiger partial charge in [0, 0.05) is 24.6 Å². The normalized spacial score (nSPS) is 28.8. The van der Waals surface area contributed by atoms with E-state index in [1.165, 1.54) is 12.5 Å². The van der Waals surface area contributed by atoms with E-state index in [-0.39, 0.29) is 23.6 Å². The van der Waals surface area contributed by atoms with Gasteiger partial charge in [-0.15, -0.1) is 10.2 Å². The fraction of sp³-hybridized carbons (Fsp3) is 0.571. The largest absolute Gasteiger partial charge is 0.327 e. The zero-order valence-corrected chi connectivity index (χ0v) is 15.9. The highest BCUT2D eigenvalue weighted by Gasteiger charge is 2.49. The van der Waals surface area contributed by atoms with Gasteiger partial charge in [0.05, 0.1) is 11.6 Å². The molecule has 7 heteroatoms. The molecule has 1 aromatic carbocycles. The maximum Gasteiger partial charge on any atom is 0.229 e. The molecule has 148 valence electrons. The number of nitrogens with two attached hydrogens (primary N) is 1. The van der Waals surface area contributed by atoms with Crippen molar-refractivity contribution in [2.45, 2.75) is 57.5 Å². The lowest BCUT2D eigenvalue weighted by Crippen LogP contribution is -2.42. The van der Waals surface area contributed by atoms with Gasteiger partial charge in [0.15, 0.2) is 5.82 Å². The van der Waals surface area contributed by atoms with Gasteiger partial charge in [-0.2, -0.15) is 0 Å². The lowest BCUT2D eigenvalue weighted by atomic mass is 9.84. The summed E-state index contributed by atoms with van der Waals surface area (Å²) < 4.78 is 16.6. The number of fused-ring (bicyclic) bond motifs is 3. The van der Waals surface area contributed by atoms with Gasteiger partial charge in [0.1, 0.15) is 11.6 Å². The van der Waals surface area contributed by atoms with E-state index in [1.54, 1.807) is 12.1 Å². The third kappa shape index (κ3) is 2.92. The van der Waals surface area contributed by atoms with Crippen LogP contribution in [-0.4, -0.2) is 26.7 Å². The van der Waals surface area contributed by atoms with E-state index >= 15 is 0 Å². The monoisotopic (exact) mass is 383 g/mol. The molecule has 1 aromatic heterocycles. The van der Waals surface area contributed by atoms with Gasteiger partial charge >= 0.3 is 0 Å². The van der Waals surface area contributed by atoms with Crippen LogP contribution in [0.25, 0.3) is 11.4 Å². The van der Waals surface area contributed by atoms with Crippen LogP contribution in [-0.2, 0) is 17.8 Å². The van der Waals surface area contributed by atoms with E-state index in [4.69, 9.17) is 5.73 Å². The summed E-state index contributed by atoms with van der Waals surface area (Å²) in [6.45, 7) is 0.872. The minimum Gasteiger partial charge on any atom is -0.327 e. The molecule has 2 bridgehead atoms. The Morgan fingerprint density at radius 3 is 2.86 bits per heavy atom. The number of rotatable bonds is 3. The van der Waals surface area contributed by atoms with E-state index < -0.39 is 5.82 Å². The first kappa shape index (κ1) is 17.8.